The van der Waals surface area contributed by atoms with Gasteiger partial charge in [-0.05, 0) is 18.6 Å². The van der Waals surface area contributed by atoms with Crippen molar-refractivity contribution in [3.63, 3.8) is 0 Å². The third kappa shape index (κ3) is 8.32. The first-order valence-electron chi connectivity index (χ1n) is 7.35. The van der Waals surface area contributed by atoms with Crippen molar-refractivity contribution in [1.29, 1.82) is 0 Å². The predicted molar refractivity (Wildman–Crippen MR) is 82.8 cm³/mol. The van der Waals surface area contributed by atoms with Gasteiger partial charge in [0.05, 0.1) is 6.61 Å². The van der Waals surface area contributed by atoms with E-state index in [0.29, 0.717) is 31.3 Å². The summed E-state index contributed by atoms with van der Waals surface area (Å²) in [6.45, 7) is 3.85. The summed E-state index contributed by atoms with van der Waals surface area (Å²) in [6, 6.07) is 7.27. The minimum atomic E-state index is -0.152. The highest BCUT2D eigenvalue weighted by Crippen LogP contribution is 2.17. The van der Waals surface area contributed by atoms with Gasteiger partial charge in [-0.25, -0.2) is 0 Å². The first kappa shape index (κ1) is 17.5. The lowest BCUT2D eigenvalue weighted by Crippen LogP contribution is -2.18. The molecule has 0 aliphatic rings. The maximum Gasteiger partial charge on any atom is 0.250 e. The fraction of sp³-hybridized carbons (Fsp3) is 0.562. The highest BCUT2D eigenvalue weighted by Gasteiger charge is 2.03. The first-order valence-corrected chi connectivity index (χ1v) is 7.35. The number of benzene rings is 1. The molecule has 0 bridgehead atoms. The van der Waals surface area contributed by atoms with Gasteiger partial charge >= 0.3 is 0 Å². The molecule has 1 aromatic carbocycles. The summed E-state index contributed by atoms with van der Waals surface area (Å²) >= 11 is 0. The van der Waals surface area contributed by atoms with E-state index in [1.807, 2.05) is 18.2 Å². The molecule has 0 heterocycles. The molecule has 1 aromatic rings. The minimum absolute atomic E-state index is 0.0818. The van der Waals surface area contributed by atoms with Crippen molar-refractivity contribution in [1.82, 2.24) is 0 Å². The molecule has 0 aromatic heterocycles. The van der Waals surface area contributed by atoms with Crippen LogP contribution in [0.1, 0.15) is 26.2 Å². The Balaban J connectivity index is 2.29. The maximum atomic E-state index is 11.7. The van der Waals surface area contributed by atoms with E-state index in [2.05, 4.69) is 12.2 Å². The summed E-state index contributed by atoms with van der Waals surface area (Å²) in [7, 11) is 1.63. The van der Waals surface area contributed by atoms with Gasteiger partial charge in [-0.1, -0.05) is 25.8 Å². The molecule has 1 N–H and O–H groups in total. The third-order valence-corrected chi connectivity index (χ3v) is 2.80. The molecule has 0 radical (unpaired) electrons. The van der Waals surface area contributed by atoms with Crippen LogP contribution in [0.15, 0.2) is 24.3 Å². The zero-order chi connectivity index (χ0) is 15.3. The number of carbonyl (C=O) groups is 1. The zero-order valence-corrected chi connectivity index (χ0v) is 12.9. The summed E-state index contributed by atoms with van der Waals surface area (Å²) in [5.74, 6) is 0.550. The highest BCUT2D eigenvalue weighted by molar-refractivity contribution is 5.91. The van der Waals surface area contributed by atoms with Gasteiger partial charge in [0.15, 0.2) is 0 Å². The Hall–Kier alpha value is -1.59. The number of hydrogen-bond donors (Lipinski definition) is 1. The van der Waals surface area contributed by atoms with E-state index in [1.165, 1.54) is 0 Å². The molecule has 118 valence electrons. The summed E-state index contributed by atoms with van der Waals surface area (Å²) in [5, 5.41) is 2.79. The van der Waals surface area contributed by atoms with Crippen LogP contribution in [0.5, 0.6) is 5.75 Å². The molecule has 5 nitrogen and oxygen atoms in total. The lowest BCUT2D eigenvalue weighted by atomic mass is 10.3. The van der Waals surface area contributed by atoms with Gasteiger partial charge in [0.1, 0.15) is 19.0 Å². The van der Waals surface area contributed by atoms with E-state index in [1.54, 1.807) is 13.2 Å². The molecule has 21 heavy (non-hydrogen) atoms. The normalized spacial score (nSPS) is 10.4. The number of unbranched alkanes of at least 4 members (excludes halogenated alkanes) is 2. The lowest BCUT2D eigenvalue weighted by Gasteiger charge is -2.09. The van der Waals surface area contributed by atoms with Gasteiger partial charge in [-0.3, -0.25) is 4.79 Å². The van der Waals surface area contributed by atoms with Crippen LogP contribution in [0.3, 0.4) is 0 Å². The van der Waals surface area contributed by atoms with Gasteiger partial charge in [0.25, 0.3) is 0 Å². The SMILES string of the molecule is CCCCCOCC(=O)Nc1cccc(OCCOC)c1. The molecule has 0 aliphatic heterocycles. The minimum Gasteiger partial charge on any atom is -0.491 e. The molecule has 1 amide bonds. The molecule has 0 unspecified atom stereocenters. The van der Waals surface area contributed by atoms with Crippen LogP contribution in [0, 0.1) is 0 Å². The van der Waals surface area contributed by atoms with Gasteiger partial charge in [0, 0.05) is 25.5 Å². The molecule has 0 fully saturated rings. The standard InChI is InChI=1S/C16H25NO4/c1-3-4-5-9-20-13-16(18)17-14-7-6-8-15(12-14)21-11-10-19-2/h6-8,12H,3-5,9-11,13H2,1-2H3,(H,17,18). The number of hydrogen-bond acceptors (Lipinski definition) is 4. The molecule has 1 rings (SSSR count). The van der Waals surface area contributed by atoms with Crippen molar-refractivity contribution < 1.29 is 19.0 Å². The summed E-state index contributed by atoms with van der Waals surface area (Å²) < 4.78 is 15.7. The van der Waals surface area contributed by atoms with E-state index >= 15 is 0 Å². The number of anilines is 1. The van der Waals surface area contributed by atoms with Crippen LogP contribution in [0.4, 0.5) is 5.69 Å². The topological polar surface area (TPSA) is 56.8 Å². The molecular formula is C16H25NO4. The molecule has 0 spiro atoms. The van der Waals surface area contributed by atoms with Crippen LogP contribution < -0.4 is 10.1 Å². The van der Waals surface area contributed by atoms with Crippen molar-refractivity contribution in [3.05, 3.63) is 24.3 Å². The van der Waals surface area contributed by atoms with Crippen molar-refractivity contribution in [2.45, 2.75) is 26.2 Å². The number of nitrogens with one attached hydrogen (secondary N) is 1. The Morgan fingerprint density at radius 2 is 2.05 bits per heavy atom. The molecule has 0 atom stereocenters. The maximum absolute atomic E-state index is 11.7. The Kier molecular flexibility index (Phi) is 9.24. The van der Waals surface area contributed by atoms with E-state index < -0.39 is 0 Å². The Labute approximate surface area is 126 Å². The van der Waals surface area contributed by atoms with Crippen LogP contribution in [0.25, 0.3) is 0 Å². The van der Waals surface area contributed by atoms with Crippen LogP contribution in [0.2, 0.25) is 0 Å². The Morgan fingerprint density at radius 3 is 2.81 bits per heavy atom. The molecular weight excluding hydrogens is 270 g/mol. The van der Waals surface area contributed by atoms with Crippen LogP contribution in [-0.2, 0) is 14.3 Å². The van der Waals surface area contributed by atoms with E-state index in [4.69, 9.17) is 14.2 Å². The van der Waals surface area contributed by atoms with Crippen molar-refractivity contribution in [3.8, 4) is 5.75 Å². The van der Waals surface area contributed by atoms with Crippen LogP contribution in [-0.4, -0.2) is 39.4 Å². The smallest absolute Gasteiger partial charge is 0.250 e. The fourth-order valence-corrected chi connectivity index (χ4v) is 1.72. The lowest BCUT2D eigenvalue weighted by molar-refractivity contribution is -0.120. The van der Waals surface area contributed by atoms with E-state index in [0.717, 1.165) is 19.3 Å². The Bertz CT molecular complexity index is 409. The second-order valence-electron chi connectivity index (χ2n) is 4.68. The number of rotatable bonds is 11. The zero-order valence-electron chi connectivity index (χ0n) is 12.9. The predicted octanol–water partition coefficient (Wildman–Crippen LogP) is 2.86. The van der Waals surface area contributed by atoms with E-state index in [9.17, 15) is 4.79 Å². The summed E-state index contributed by atoms with van der Waals surface area (Å²) in [4.78, 5) is 11.7. The Morgan fingerprint density at radius 1 is 1.19 bits per heavy atom. The second-order valence-corrected chi connectivity index (χ2v) is 4.68. The summed E-state index contributed by atoms with van der Waals surface area (Å²) in [5.41, 5.74) is 0.701. The molecule has 0 saturated carbocycles. The second kappa shape index (κ2) is 11.1. The van der Waals surface area contributed by atoms with E-state index in [-0.39, 0.29) is 12.5 Å². The molecule has 0 aliphatic carbocycles. The molecule has 0 saturated heterocycles. The van der Waals surface area contributed by atoms with Gasteiger partial charge in [-0.15, -0.1) is 0 Å². The number of methoxy groups -OCH3 is 1. The fourth-order valence-electron chi connectivity index (χ4n) is 1.72. The quantitative estimate of drug-likeness (QED) is 0.638. The number of amides is 1. The number of carbonyl (C=O) groups excluding carboxylic acids is 1. The van der Waals surface area contributed by atoms with Gasteiger partial charge in [0.2, 0.25) is 5.91 Å². The first-order chi connectivity index (χ1) is 10.3. The average Bonchev–Trinajstić information content (AvgIpc) is 2.48. The van der Waals surface area contributed by atoms with Gasteiger partial charge in [-0.2, -0.15) is 0 Å². The highest BCUT2D eigenvalue weighted by atomic mass is 16.5. The van der Waals surface area contributed by atoms with Crippen molar-refractivity contribution in [2.24, 2.45) is 0 Å². The van der Waals surface area contributed by atoms with Crippen molar-refractivity contribution >= 4 is 11.6 Å². The van der Waals surface area contributed by atoms with Crippen molar-refractivity contribution in [2.75, 3.05) is 38.9 Å². The summed E-state index contributed by atoms with van der Waals surface area (Å²) in [6.07, 6.45) is 3.26. The average molecular weight is 295 g/mol. The molecule has 5 heteroatoms. The number of ether oxygens (including phenoxy) is 3. The van der Waals surface area contributed by atoms with Gasteiger partial charge < -0.3 is 19.5 Å². The largest absolute Gasteiger partial charge is 0.491 e. The monoisotopic (exact) mass is 295 g/mol. The third-order valence-electron chi connectivity index (χ3n) is 2.80. The van der Waals surface area contributed by atoms with Crippen LogP contribution >= 0.6 is 0 Å².